The van der Waals surface area contributed by atoms with Crippen molar-refractivity contribution in [3.05, 3.63) is 83.7 Å². The van der Waals surface area contributed by atoms with Crippen molar-refractivity contribution in [1.82, 2.24) is 10.6 Å². The highest BCUT2D eigenvalue weighted by Crippen LogP contribution is 2.36. The molecule has 156 valence electrons. The maximum atomic E-state index is 13.4. The normalized spacial score (nSPS) is 10.8. The lowest BCUT2D eigenvalue weighted by molar-refractivity contribution is 0.0951. The molecule has 1 aromatic heterocycles. The van der Waals surface area contributed by atoms with Crippen molar-refractivity contribution in [3.8, 4) is 22.5 Å². The zero-order valence-electron chi connectivity index (χ0n) is 17.2. The Kier molecular flexibility index (Phi) is 5.54. The molecule has 3 aromatic carbocycles. The minimum Gasteiger partial charge on any atom is -0.455 e. The zero-order chi connectivity index (χ0) is 22.0. The van der Waals surface area contributed by atoms with E-state index < -0.39 is 0 Å². The predicted octanol–water partition coefficient (Wildman–Crippen LogP) is 5.02. The first-order valence-electron chi connectivity index (χ1n) is 9.95. The molecule has 2 N–H and O–H groups in total. The van der Waals surface area contributed by atoms with Crippen molar-refractivity contribution >= 4 is 22.8 Å². The van der Waals surface area contributed by atoms with Gasteiger partial charge in [0.15, 0.2) is 0 Å². The lowest BCUT2D eigenvalue weighted by atomic mass is 9.99. The number of benzene rings is 3. The van der Waals surface area contributed by atoms with Crippen LogP contribution in [0.25, 0.3) is 33.4 Å². The fourth-order valence-electron chi connectivity index (χ4n) is 3.53. The molecule has 0 radical (unpaired) electrons. The van der Waals surface area contributed by atoms with Crippen LogP contribution in [-0.4, -0.2) is 25.4 Å². The molecule has 0 aliphatic carbocycles. The fraction of sp³-hybridized carbons (Fsp3) is 0.120. The molecule has 5 nitrogen and oxygen atoms in total. The Morgan fingerprint density at radius 1 is 0.903 bits per heavy atom. The molecule has 0 aliphatic heterocycles. The molecule has 4 aromatic rings. The second-order valence-corrected chi connectivity index (χ2v) is 7.04. The topological polar surface area (TPSA) is 71.3 Å². The summed E-state index contributed by atoms with van der Waals surface area (Å²) in [7, 11) is 1.55. The van der Waals surface area contributed by atoms with Gasteiger partial charge in [-0.1, -0.05) is 18.2 Å². The summed E-state index contributed by atoms with van der Waals surface area (Å²) >= 11 is 0. The van der Waals surface area contributed by atoms with Crippen LogP contribution in [0.5, 0.6) is 0 Å². The Morgan fingerprint density at radius 3 is 2.32 bits per heavy atom. The molecule has 0 saturated carbocycles. The maximum absolute atomic E-state index is 13.4. The first-order chi connectivity index (χ1) is 15.0. The average Bonchev–Trinajstić information content (AvgIpc) is 3.18. The molecular formula is C25H21FN2O3. The van der Waals surface area contributed by atoms with Crippen LogP contribution in [0.4, 0.5) is 4.39 Å². The minimum absolute atomic E-state index is 0.140. The van der Waals surface area contributed by atoms with Gasteiger partial charge in [-0.05, 0) is 66.6 Å². The lowest BCUT2D eigenvalue weighted by Crippen LogP contribution is -2.22. The molecule has 0 saturated heterocycles. The third kappa shape index (κ3) is 3.92. The number of carbonyl (C=O) groups excluding carboxylic acids is 2. The number of furan rings is 1. The lowest BCUT2D eigenvalue weighted by Gasteiger charge is -2.07. The molecule has 0 bridgehead atoms. The molecule has 4 rings (SSSR count). The Labute approximate surface area is 178 Å². The van der Waals surface area contributed by atoms with Crippen LogP contribution >= 0.6 is 0 Å². The van der Waals surface area contributed by atoms with Gasteiger partial charge in [-0.3, -0.25) is 9.59 Å². The Morgan fingerprint density at radius 2 is 1.61 bits per heavy atom. The van der Waals surface area contributed by atoms with Crippen LogP contribution < -0.4 is 10.6 Å². The molecule has 0 atom stereocenters. The third-order valence-corrected chi connectivity index (χ3v) is 5.04. The van der Waals surface area contributed by atoms with Crippen LogP contribution in [0.15, 0.2) is 71.1 Å². The molecule has 31 heavy (non-hydrogen) atoms. The van der Waals surface area contributed by atoms with E-state index >= 15 is 0 Å². The number of nitrogens with one attached hydrogen (secondary N) is 2. The molecule has 0 spiro atoms. The Bertz CT molecular complexity index is 1280. The van der Waals surface area contributed by atoms with E-state index in [1.807, 2.05) is 37.3 Å². The van der Waals surface area contributed by atoms with Gasteiger partial charge in [0.05, 0.1) is 5.56 Å². The Balaban J connectivity index is 1.86. The zero-order valence-corrected chi connectivity index (χ0v) is 17.2. The van der Waals surface area contributed by atoms with Crippen molar-refractivity contribution in [2.45, 2.75) is 6.92 Å². The van der Waals surface area contributed by atoms with Gasteiger partial charge in [-0.25, -0.2) is 4.39 Å². The minimum atomic E-state index is -0.365. The van der Waals surface area contributed by atoms with E-state index in [-0.39, 0.29) is 17.6 Å². The largest absolute Gasteiger partial charge is 0.455 e. The van der Waals surface area contributed by atoms with Crippen LogP contribution in [0, 0.1) is 5.82 Å². The van der Waals surface area contributed by atoms with Crippen LogP contribution in [0.2, 0.25) is 0 Å². The summed E-state index contributed by atoms with van der Waals surface area (Å²) in [4.78, 5) is 24.9. The van der Waals surface area contributed by atoms with Crippen molar-refractivity contribution in [2.75, 3.05) is 13.6 Å². The van der Waals surface area contributed by atoms with Crippen LogP contribution in [0.1, 0.15) is 27.6 Å². The SMILES string of the molecule is CCNC(=O)c1cccc(-c2ccc3oc(-c4ccc(F)cc4)c(C(=O)NC)c3c2)c1. The maximum Gasteiger partial charge on any atom is 0.255 e. The number of rotatable bonds is 5. The molecule has 0 aliphatic rings. The van der Waals surface area contributed by atoms with E-state index in [0.29, 0.717) is 40.0 Å². The fourth-order valence-corrected chi connectivity index (χ4v) is 3.53. The summed E-state index contributed by atoms with van der Waals surface area (Å²) in [6, 6.07) is 18.7. The van der Waals surface area contributed by atoms with Gasteiger partial charge in [0, 0.05) is 30.1 Å². The standard InChI is InChI=1S/C25H21FN2O3/c1-3-28-24(29)18-6-4-5-16(13-18)17-9-12-21-20(14-17)22(25(30)27-2)23(31-21)15-7-10-19(26)11-8-15/h4-14H,3H2,1-2H3,(H,27,30)(H,28,29). The summed E-state index contributed by atoms with van der Waals surface area (Å²) in [6.45, 7) is 2.42. The summed E-state index contributed by atoms with van der Waals surface area (Å²) in [6.07, 6.45) is 0. The summed E-state index contributed by atoms with van der Waals surface area (Å²) in [5.74, 6) is -0.428. The van der Waals surface area contributed by atoms with Gasteiger partial charge in [-0.2, -0.15) is 0 Å². The van der Waals surface area contributed by atoms with Crippen molar-refractivity contribution in [1.29, 1.82) is 0 Å². The monoisotopic (exact) mass is 416 g/mol. The number of amides is 2. The van der Waals surface area contributed by atoms with E-state index in [4.69, 9.17) is 4.42 Å². The van der Waals surface area contributed by atoms with E-state index in [1.165, 1.54) is 12.1 Å². The summed E-state index contributed by atoms with van der Waals surface area (Å²) in [5.41, 5.74) is 3.78. The number of fused-ring (bicyclic) bond motifs is 1. The highest BCUT2D eigenvalue weighted by molar-refractivity contribution is 6.11. The molecule has 0 unspecified atom stereocenters. The van der Waals surface area contributed by atoms with E-state index in [9.17, 15) is 14.0 Å². The average molecular weight is 416 g/mol. The van der Waals surface area contributed by atoms with Crippen LogP contribution in [-0.2, 0) is 0 Å². The highest BCUT2D eigenvalue weighted by atomic mass is 19.1. The smallest absolute Gasteiger partial charge is 0.255 e. The molecular weight excluding hydrogens is 395 g/mol. The number of hydrogen-bond donors (Lipinski definition) is 2. The second-order valence-electron chi connectivity index (χ2n) is 7.04. The number of carbonyl (C=O) groups is 2. The molecule has 1 heterocycles. The van der Waals surface area contributed by atoms with Crippen molar-refractivity contribution in [2.24, 2.45) is 0 Å². The van der Waals surface area contributed by atoms with Gasteiger partial charge < -0.3 is 15.1 Å². The molecule has 2 amide bonds. The highest BCUT2D eigenvalue weighted by Gasteiger charge is 2.22. The van der Waals surface area contributed by atoms with Gasteiger partial charge in [0.1, 0.15) is 17.2 Å². The first-order valence-corrected chi connectivity index (χ1v) is 9.95. The van der Waals surface area contributed by atoms with Crippen molar-refractivity contribution < 1.29 is 18.4 Å². The molecule has 6 heteroatoms. The number of hydrogen-bond acceptors (Lipinski definition) is 3. The third-order valence-electron chi connectivity index (χ3n) is 5.04. The predicted molar refractivity (Wildman–Crippen MR) is 118 cm³/mol. The number of halogens is 1. The van der Waals surface area contributed by atoms with E-state index in [2.05, 4.69) is 10.6 Å². The quantitative estimate of drug-likeness (QED) is 0.480. The Hall–Kier alpha value is -3.93. The summed E-state index contributed by atoms with van der Waals surface area (Å²) in [5, 5.41) is 6.08. The van der Waals surface area contributed by atoms with E-state index in [1.54, 1.807) is 31.3 Å². The van der Waals surface area contributed by atoms with Gasteiger partial charge in [0.2, 0.25) is 0 Å². The first kappa shape index (κ1) is 20.3. The second kappa shape index (κ2) is 8.44. The van der Waals surface area contributed by atoms with Gasteiger partial charge in [0.25, 0.3) is 11.8 Å². The van der Waals surface area contributed by atoms with Crippen LogP contribution in [0.3, 0.4) is 0 Å². The summed E-state index contributed by atoms with van der Waals surface area (Å²) < 4.78 is 19.4. The van der Waals surface area contributed by atoms with Gasteiger partial charge >= 0.3 is 0 Å². The van der Waals surface area contributed by atoms with Crippen molar-refractivity contribution in [3.63, 3.8) is 0 Å². The molecule has 0 fully saturated rings. The van der Waals surface area contributed by atoms with Gasteiger partial charge in [-0.15, -0.1) is 0 Å². The van der Waals surface area contributed by atoms with E-state index in [0.717, 1.165) is 11.1 Å².